The zero-order chi connectivity index (χ0) is 22.3. The van der Waals surface area contributed by atoms with E-state index < -0.39 is 10.0 Å². The van der Waals surface area contributed by atoms with Crippen LogP contribution in [0.15, 0.2) is 47.4 Å². The van der Waals surface area contributed by atoms with Crippen molar-refractivity contribution in [1.29, 1.82) is 0 Å². The van der Waals surface area contributed by atoms with Crippen molar-refractivity contribution in [2.45, 2.75) is 44.9 Å². The zero-order valence-electron chi connectivity index (χ0n) is 17.8. The smallest absolute Gasteiger partial charge is 0.243 e. The third kappa shape index (κ3) is 5.79. The van der Waals surface area contributed by atoms with E-state index in [0.29, 0.717) is 31.1 Å². The molecule has 1 amide bonds. The Balaban J connectivity index is 2.25. The number of hydrogen-bond acceptors (Lipinski definition) is 4. The number of carbonyl (C=O) groups excluding carboxylic acids is 1. The summed E-state index contributed by atoms with van der Waals surface area (Å²) in [5.41, 5.74) is 1.15. The molecule has 6 nitrogen and oxygen atoms in total. The molecule has 0 radical (unpaired) electrons. The maximum atomic E-state index is 13.1. The second kappa shape index (κ2) is 10.5. The lowest BCUT2D eigenvalue weighted by atomic mass is 9.97. The molecule has 1 unspecified atom stereocenters. The van der Waals surface area contributed by atoms with Gasteiger partial charge in [0.1, 0.15) is 11.6 Å². The maximum Gasteiger partial charge on any atom is 0.243 e. The fourth-order valence-corrected chi connectivity index (χ4v) is 4.63. The predicted octanol–water partition coefficient (Wildman–Crippen LogP) is 4.39. The van der Waals surface area contributed by atoms with Crippen LogP contribution in [0.2, 0.25) is 0 Å². The van der Waals surface area contributed by atoms with Crippen LogP contribution in [0.1, 0.15) is 45.6 Å². The van der Waals surface area contributed by atoms with Crippen LogP contribution in [-0.2, 0) is 14.8 Å². The van der Waals surface area contributed by atoms with E-state index in [1.54, 1.807) is 32.0 Å². The van der Waals surface area contributed by atoms with E-state index in [0.717, 1.165) is 5.56 Å². The van der Waals surface area contributed by atoms with Crippen molar-refractivity contribution in [3.8, 4) is 5.75 Å². The molecule has 2 rings (SSSR count). The first-order valence-corrected chi connectivity index (χ1v) is 11.5. The number of hydrogen-bond donors (Lipinski definition) is 1. The lowest BCUT2D eigenvalue weighted by molar-refractivity contribution is -0.116. The monoisotopic (exact) mass is 436 g/mol. The number of anilines is 1. The molecule has 0 aliphatic heterocycles. The van der Waals surface area contributed by atoms with Crippen molar-refractivity contribution < 1.29 is 22.3 Å². The first-order chi connectivity index (χ1) is 14.2. The average molecular weight is 437 g/mol. The SMILES string of the molecule is CCOc1ccc(S(=O)(=O)N(CC)CC)cc1NC(=O)CC(C)c1ccc(F)cc1. The molecule has 1 atom stereocenters. The van der Waals surface area contributed by atoms with Crippen LogP contribution in [0.5, 0.6) is 5.75 Å². The normalized spacial score (nSPS) is 12.6. The molecule has 0 aliphatic rings. The second-order valence-electron chi connectivity index (χ2n) is 6.89. The molecule has 0 bridgehead atoms. The zero-order valence-corrected chi connectivity index (χ0v) is 18.6. The first-order valence-electron chi connectivity index (χ1n) is 10.0. The van der Waals surface area contributed by atoms with E-state index >= 15 is 0 Å². The third-order valence-corrected chi connectivity index (χ3v) is 6.84. The Bertz CT molecular complexity index is 958. The summed E-state index contributed by atoms with van der Waals surface area (Å²) >= 11 is 0. The number of benzene rings is 2. The van der Waals surface area contributed by atoms with E-state index in [4.69, 9.17) is 4.74 Å². The highest BCUT2D eigenvalue weighted by Crippen LogP contribution is 2.30. The fourth-order valence-electron chi connectivity index (χ4n) is 3.15. The van der Waals surface area contributed by atoms with Crippen molar-refractivity contribution in [2.75, 3.05) is 25.0 Å². The molecule has 8 heteroatoms. The molecular formula is C22H29FN2O4S. The van der Waals surface area contributed by atoms with E-state index in [2.05, 4.69) is 5.32 Å². The van der Waals surface area contributed by atoms with Gasteiger partial charge < -0.3 is 10.1 Å². The number of amides is 1. The Kier molecular flexibility index (Phi) is 8.37. The Morgan fingerprint density at radius 1 is 1.10 bits per heavy atom. The summed E-state index contributed by atoms with van der Waals surface area (Å²) in [4.78, 5) is 12.7. The largest absolute Gasteiger partial charge is 0.492 e. The van der Waals surface area contributed by atoms with Gasteiger partial charge in [-0.2, -0.15) is 4.31 Å². The van der Waals surface area contributed by atoms with Crippen LogP contribution < -0.4 is 10.1 Å². The Morgan fingerprint density at radius 2 is 1.73 bits per heavy atom. The maximum absolute atomic E-state index is 13.1. The quantitative estimate of drug-likeness (QED) is 0.599. The summed E-state index contributed by atoms with van der Waals surface area (Å²) in [7, 11) is -3.67. The van der Waals surface area contributed by atoms with Gasteiger partial charge in [0, 0.05) is 19.5 Å². The second-order valence-corrected chi connectivity index (χ2v) is 8.82. The average Bonchev–Trinajstić information content (AvgIpc) is 2.70. The molecular weight excluding hydrogens is 407 g/mol. The Labute approximate surface area is 178 Å². The summed E-state index contributed by atoms with van der Waals surface area (Å²) in [5.74, 6) is -0.351. The third-order valence-electron chi connectivity index (χ3n) is 4.80. The molecule has 2 aromatic carbocycles. The van der Waals surface area contributed by atoms with Gasteiger partial charge in [0.05, 0.1) is 17.2 Å². The fraction of sp³-hybridized carbons (Fsp3) is 0.409. The molecule has 0 aromatic heterocycles. The first kappa shape index (κ1) is 23.8. The van der Waals surface area contributed by atoms with Crippen LogP contribution in [0.4, 0.5) is 10.1 Å². The van der Waals surface area contributed by atoms with Crippen LogP contribution in [0.25, 0.3) is 0 Å². The number of nitrogens with one attached hydrogen (secondary N) is 1. The van der Waals surface area contributed by atoms with Gasteiger partial charge in [-0.1, -0.05) is 32.9 Å². The van der Waals surface area contributed by atoms with Crippen LogP contribution in [0.3, 0.4) is 0 Å². The summed E-state index contributed by atoms with van der Waals surface area (Å²) in [6, 6.07) is 10.5. The standard InChI is InChI=1S/C22H29FN2O4S/c1-5-25(6-2)30(27,28)19-12-13-21(29-7-3)20(15-19)24-22(26)14-16(4)17-8-10-18(23)11-9-17/h8-13,15-16H,5-7,14H2,1-4H3,(H,24,26). The minimum Gasteiger partial charge on any atom is -0.492 e. The Morgan fingerprint density at radius 3 is 2.30 bits per heavy atom. The van der Waals surface area contributed by atoms with Crippen molar-refractivity contribution in [1.82, 2.24) is 4.31 Å². The topological polar surface area (TPSA) is 75.7 Å². The van der Waals surface area contributed by atoms with Crippen LogP contribution in [-0.4, -0.2) is 38.3 Å². The van der Waals surface area contributed by atoms with Crippen molar-refractivity contribution in [2.24, 2.45) is 0 Å². The van der Waals surface area contributed by atoms with Gasteiger partial charge in [-0.3, -0.25) is 4.79 Å². The van der Waals surface area contributed by atoms with Crippen LogP contribution in [0, 0.1) is 5.82 Å². The lowest BCUT2D eigenvalue weighted by Gasteiger charge is -2.20. The van der Waals surface area contributed by atoms with E-state index in [1.165, 1.54) is 28.6 Å². The van der Waals surface area contributed by atoms with Gasteiger partial charge in [-0.05, 0) is 48.7 Å². The number of carbonyl (C=O) groups is 1. The van der Waals surface area contributed by atoms with Crippen molar-refractivity contribution in [3.05, 3.63) is 53.8 Å². The molecule has 0 saturated carbocycles. The summed E-state index contributed by atoms with van der Waals surface area (Å²) in [6.07, 6.45) is 0.157. The van der Waals surface area contributed by atoms with E-state index in [9.17, 15) is 17.6 Å². The molecule has 2 aromatic rings. The van der Waals surface area contributed by atoms with Gasteiger partial charge in [-0.25, -0.2) is 12.8 Å². The molecule has 0 heterocycles. The molecule has 0 spiro atoms. The van der Waals surface area contributed by atoms with Gasteiger partial charge >= 0.3 is 0 Å². The summed E-state index contributed by atoms with van der Waals surface area (Å²) in [6.45, 7) is 8.30. The number of nitrogens with zero attached hydrogens (tertiary/aromatic N) is 1. The number of ether oxygens (including phenoxy) is 1. The molecule has 0 fully saturated rings. The van der Waals surface area contributed by atoms with Gasteiger partial charge in [0.15, 0.2) is 0 Å². The van der Waals surface area contributed by atoms with Crippen molar-refractivity contribution in [3.63, 3.8) is 0 Å². The molecule has 1 N–H and O–H groups in total. The van der Waals surface area contributed by atoms with Gasteiger partial charge in [0.25, 0.3) is 0 Å². The van der Waals surface area contributed by atoms with Crippen LogP contribution >= 0.6 is 0 Å². The lowest BCUT2D eigenvalue weighted by Crippen LogP contribution is -2.30. The minimum absolute atomic E-state index is 0.0940. The highest BCUT2D eigenvalue weighted by atomic mass is 32.2. The number of halogens is 1. The number of sulfonamides is 1. The highest BCUT2D eigenvalue weighted by molar-refractivity contribution is 7.89. The minimum atomic E-state index is -3.67. The molecule has 0 saturated heterocycles. The predicted molar refractivity (Wildman–Crippen MR) is 116 cm³/mol. The van der Waals surface area contributed by atoms with Crippen molar-refractivity contribution >= 4 is 21.6 Å². The molecule has 164 valence electrons. The van der Waals surface area contributed by atoms with Gasteiger partial charge in [0.2, 0.25) is 15.9 Å². The highest BCUT2D eigenvalue weighted by Gasteiger charge is 2.23. The van der Waals surface area contributed by atoms with E-state index in [-0.39, 0.29) is 29.0 Å². The Hall–Kier alpha value is -2.45. The number of rotatable bonds is 10. The summed E-state index contributed by atoms with van der Waals surface area (Å²) < 4.78 is 45.7. The molecule has 0 aliphatic carbocycles. The van der Waals surface area contributed by atoms with E-state index in [1.807, 2.05) is 13.8 Å². The summed E-state index contributed by atoms with van der Waals surface area (Å²) in [5, 5.41) is 2.77. The van der Waals surface area contributed by atoms with Gasteiger partial charge in [-0.15, -0.1) is 0 Å². The molecule has 30 heavy (non-hydrogen) atoms.